The Kier molecular flexibility index (Phi) is 5.59. The number of halogens is 3. The molecule has 0 amide bonds. The number of guanidine groups is 1. The maximum Gasteiger partial charge on any atom is 0.434 e. The van der Waals surface area contributed by atoms with Gasteiger partial charge >= 0.3 is 6.18 Å². The molecule has 0 aliphatic rings. The first kappa shape index (κ1) is 15.7. The zero-order valence-electron chi connectivity index (χ0n) is 11.0. The van der Waals surface area contributed by atoms with Gasteiger partial charge < -0.3 is 10.6 Å². The fourth-order valence-electron chi connectivity index (χ4n) is 1.20. The molecule has 0 aliphatic carbocycles. The predicted molar refractivity (Wildman–Crippen MR) is 70.2 cm³/mol. The summed E-state index contributed by atoms with van der Waals surface area (Å²) in [6.07, 6.45) is -4.38. The van der Waals surface area contributed by atoms with Crippen molar-refractivity contribution in [2.45, 2.75) is 26.6 Å². The van der Waals surface area contributed by atoms with E-state index in [0.29, 0.717) is 16.9 Å². The number of hydrogen-bond acceptors (Lipinski definition) is 3. The summed E-state index contributed by atoms with van der Waals surface area (Å²) >= 11 is 0.977. The van der Waals surface area contributed by atoms with E-state index in [4.69, 9.17) is 0 Å². The molecule has 0 spiro atoms. The van der Waals surface area contributed by atoms with Gasteiger partial charge in [0.1, 0.15) is 5.01 Å². The Morgan fingerprint density at radius 1 is 1.42 bits per heavy atom. The second kappa shape index (κ2) is 6.74. The molecular formula is C11H17F3N4S. The molecule has 1 aromatic rings. The van der Waals surface area contributed by atoms with E-state index >= 15 is 0 Å². The minimum atomic E-state index is -4.38. The van der Waals surface area contributed by atoms with E-state index in [2.05, 4.69) is 34.5 Å². The lowest BCUT2D eigenvalue weighted by Crippen LogP contribution is -2.38. The topological polar surface area (TPSA) is 49.3 Å². The third kappa shape index (κ3) is 5.46. The molecule has 0 saturated carbocycles. The van der Waals surface area contributed by atoms with Gasteiger partial charge in [-0.25, -0.2) is 4.98 Å². The van der Waals surface area contributed by atoms with Crippen LogP contribution in [0.4, 0.5) is 13.2 Å². The molecule has 0 aliphatic heterocycles. The fraction of sp³-hybridized carbons (Fsp3) is 0.636. The van der Waals surface area contributed by atoms with Crippen LogP contribution in [0.2, 0.25) is 0 Å². The number of alkyl halides is 3. The molecule has 1 rings (SSSR count). The Hall–Kier alpha value is -1.31. The van der Waals surface area contributed by atoms with Gasteiger partial charge in [-0.3, -0.25) is 4.99 Å². The van der Waals surface area contributed by atoms with E-state index in [1.165, 1.54) is 0 Å². The number of hydrogen-bond donors (Lipinski definition) is 2. The average molecular weight is 294 g/mol. The second-order valence-electron chi connectivity index (χ2n) is 4.32. The maximum atomic E-state index is 12.4. The molecule has 0 atom stereocenters. The van der Waals surface area contributed by atoms with Gasteiger partial charge in [0.25, 0.3) is 0 Å². The SMILES string of the molecule is CN=C(NCc1nc(C(F)(F)F)cs1)NCC(C)C. The van der Waals surface area contributed by atoms with Gasteiger partial charge in [-0.15, -0.1) is 11.3 Å². The van der Waals surface area contributed by atoms with Crippen molar-refractivity contribution in [1.82, 2.24) is 15.6 Å². The molecule has 4 nitrogen and oxygen atoms in total. The molecule has 1 heterocycles. The zero-order valence-corrected chi connectivity index (χ0v) is 11.8. The van der Waals surface area contributed by atoms with Crippen LogP contribution in [0, 0.1) is 5.92 Å². The number of nitrogens with one attached hydrogen (secondary N) is 2. The largest absolute Gasteiger partial charge is 0.434 e. The molecule has 1 aromatic heterocycles. The number of thiazole rings is 1. The van der Waals surface area contributed by atoms with Gasteiger partial charge in [0, 0.05) is 19.0 Å². The third-order valence-electron chi connectivity index (χ3n) is 2.15. The van der Waals surface area contributed by atoms with Crippen molar-refractivity contribution in [3.63, 3.8) is 0 Å². The van der Waals surface area contributed by atoms with Crippen molar-refractivity contribution >= 4 is 17.3 Å². The monoisotopic (exact) mass is 294 g/mol. The van der Waals surface area contributed by atoms with Gasteiger partial charge in [0.05, 0.1) is 6.54 Å². The van der Waals surface area contributed by atoms with Crippen LogP contribution in [-0.2, 0) is 12.7 Å². The van der Waals surface area contributed by atoms with Gasteiger partial charge in [0.15, 0.2) is 11.7 Å². The summed E-state index contributed by atoms with van der Waals surface area (Å²) in [6, 6.07) is 0. The lowest BCUT2D eigenvalue weighted by molar-refractivity contribution is -0.140. The van der Waals surface area contributed by atoms with Crippen LogP contribution in [-0.4, -0.2) is 24.5 Å². The Morgan fingerprint density at radius 2 is 2.11 bits per heavy atom. The summed E-state index contributed by atoms with van der Waals surface area (Å²) in [5, 5.41) is 7.38. The van der Waals surface area contributed by atoms with Gasteiger partial charge in [-0.2, -0.15) is 13.2 Å². The molecular weight excluding hydrogens is 277 g/mol. The Morgan fingerprint density at radius 3 is 2.58 bits per heavy atom. The summed E-state index contributed by atoms with van der Waals surface area (Å²) in [6.45, 7) is 5.07. The van der Waals surface area contributed by atoms with E-state index in [0.717, 1.165) is 23.3 Å². The first-order chi connectivity index (χ1) is 8.82. The molecule has 2 N–H and O–H groups in total. The van der Waals surface area contributed by atoms with E-state index < -0.39 is 11.9 Å². The third-order valence-corrected chi connectivity index (χ3v) is 3.00. The molecule has 19 heavy (non-hydrogen) atoms. The average Bonchev–Trinajstić information content (AvgIpc) is 2.77. The van der Waals surface area contributed by atoms with Crippen molar-refractivity contribution < 1.29 is 13.2 Å². The van der Waals surface area contributed by atoms with E-state index in [-0.39, 0.29) is 6.54 Å². The molecule has 108 valence electrons. The molecule has 0 saturated heterocycles. The molecule has 0 aromatic carbocycles. The number of aliphatic imine (C=N–C) groups is 1. The Balaban J connectivity index is 2.49. The molecule has 0 unspecified atom stereocenters. The minimum Gasteiger partial charge on any atom is -0.356 e. The summed E-state index contributed by atoms with van der Waals surface area (Å²) < 4.78 is 37.1. The zero-order chi connectivity index (χ0) is 14.5. The maximum absolute atomic E-state index is 12.4. The van der Waals surface area contributed by atoms with E-state index in [9.17, 15) is 13.2 Å². The summed E-state index contributed by atoms with van der Waals surface area (Å²) in [4.78, 5) is 7.51. The highest BCUT2D eigenvalue weighted by Crippen LogP contribution is 2.29. The fourth-order valence-corrected chi connectivity index (χ4v) is 1.94. The highest BCUT2D eigenvalue weighted by molar-refractivity contribution is 7.09. The lowest BCUT2D eigenvalue weighted by Gasteiger charge is -2.12. The van der Waals surface area contributed by atoms with Crippen LogP contribution < -0.4 is 10.6 Å². The molecule has 0 bridgehead atoms. The summed E-state index contributed by atoms with van der Waals surface area (Å²) in [5.74, 6) is 1.01. The highest BCUT2D eigenvalue weighted by Gasteiger charge is 2.33. The quantitative estimate of drug-likeness (QED) is 0.662. The number of aromatic nitrogens is 1. The molecule has 0 radical (unpaired) electrons. The Bertz CT molecular complexity index is 426. The van der Waals surface area contributed by atoms with E-state index in [1.54, 1.807) is 7.05 Å². The standard InChI is InChI=1S/C11H17F3N4S/c1-7(2)4-16-10(15-3)17-5-9-18-8(6-19-9)11(12,13)14/h6-7H,4-5H2,1-3H3,(H2,15,16,17). The molecule has 8 heteroatoms. The van der Waals surface area contributed by atoms with Crippen LogP contribution in [0.5, 0.6) is 0 Å². The van der Waals surface area contributed by atoms with Gasteiger partial charge in [-0.05, 0) is 5.92 Å². The first-order valence-electron chi connectivity index (χ1n) is 5.79. The first-order valence-corrected chi connectivity index (χ1v) is 6.67. The number of nitrogens with zero attached hydrogens (tertiary/aromatic N) is 2. The highest BCUT2D eigenvalue weighted by atomic mass is 32.1. The lowest BCUT2D eigenvalue weighted by atomic mass is 10.2. The smallest absolute Gasteiger partial charge is 0.356 e. The summed E-state index contributed by atoms with van der Waals surface area (Å²) in [5.41, 5.74) is -0.848. The summed E-state index contributed by atoms with van der Waals surface area (Å²) in [7, 11) is 1.61. The minimum absolute atomic E-state index is 0.221. The van der Waals surface area contributed by atoms with Gasteiger partial charge in [0.2, 0.25) is 0 Å². The van der Waals surface area contributed by atoms with Crippen LogP contribution in [0.3, 0.4) is 0 Å². The van der Waals surface area contributed by atoms with Gasteiger partial charge in [-0.1, -0.05) is 13.8 Å². The van der Waals surface area contributed by atoms with Crippen LogP contribution >= 0.6 is 11.3 Å². The van der Waals surface area contributed by atoms with E-state index in [1.807, 2.05) is 0 Å². The normalized spacial score (nSPS) is 12.9. The number of rotatable bonds is 4. The van der Waals surface area contributed by atoms with Crippen LogP contribution in [0.1, 0.15) is 24.5 Å². The van der Waals surface area contributed by atoms with Crippen LogP contribution in [0.15, 0.2) is 10.4 Å². The van der Waals surface area contributed by atoms with Crippen molar-refractivity contribution in [3.8, 4) is 0 Å². The molecule has 0 fully saturated rings. The van der Waals surface area contributed by atoms with Crippen molar-refractivity contribution in [1.29, 1.82) is 0 Å². The predicted octanol–water partition coefficient (Wildman–Crippen LogP) is 2.48. The van der Waals surface area contributed by atoms with Crippen LogP contribution in [0.25, 0.3) is 0 Å². The Labute approximate surface area is 114 Å². The van der Waals surface area contributed by atoms with Crippen molar-refractivity contribution in [2.75, 3.05) is 13.6 Å². The van der Waals surface area contributed by atoms with Crippen molar-refractivity contribution in [2.24, 2.45) is 10.9 Å². The second-order valence-corrected chi connectivity index (χ2v) is 5.27. The van der Waals surface area contributed by atoms with Crippen molar-refractivity contribution in [3.05, 3.63) is 16.1 Å².